The molecule has 1 aliphatic rings. The summed E-state index contributed by atoms with van der Waals surface area (Å²) in [5, 5.41) is 10.6. The minimum atomic E-state index is -0.605. The van der Waals surface area contributed by atoms with Crippen molar-refractivity contribution in [3.05, 3.63) is 79.1 Å². The maximum atomic E-state index is 13.3. The van der Waals surface area contributed by atoms with Crippen molar-refractivity contribution in [3.63, 3.8) is 0 Å². The molecular weight excluding hydrogens is 401 g/mol. The number of fused-ring (bicyclic) bond motifs is 2. The van der Waals surface area contributed by atoms with Crippen molar-refractivity contribution < 1.29 is 14.3 Å². The second-order valence-electron chi connectivity index (χ2n) is 6.80. The summed E-state index contributed by atoms with van der Waals surface area (Å²) in [6, 6.07) is 9.64. The second-order valence-corrected chi connectivity index (χ2v) is 7.64. The van der Waals surface area contributed by atoms with Gasteiger partial charge in [0.15, 0.2) is 5.43 Å². The molecule has 1 N–H and O–H groups in total. The number of nitrogens with zero attached hydrogens (tertiary/aromatic N) is 1. The van der Waals surface area contributed by atoms with Gasteiger partial charge in [-0.05, 0) is 48.7 Å². The zero-order chi connectivity index (χ0) is 20.0. The number of carbonyl (C=O) groups is 1. The summed E-state index contributed by atoms with van der Waals surface area (Å²) in [4.78, 5) is 27.9. The lowest BCUT2D eigenvalue weighted by molar-refractivity contribution is 0.0716. The van der Waals surface area contributed by atoms with Crippen LogP contribution in [0.3, 0.4) is 0 Å². The van der Waals surface area contributed by atoms with Crippen molar-refractivity contribution in [2.45, 2.75) is 19.4 Å². The first-order valence-corrected chi connectivity index (χ1v) is 9.62. The van der Waals surface area contributed by atoms with E-state index in [2.05, 4.69) is 0 Å². The Hall–Kier alpha value is -2.34. The van der Waals surface area contributed by atoms with E-state index in [0.29, 0.717) is 34.0 Å². The number of aliphatic hydroxyl groups is 1. The third-order valence-electron chi connectivity index (χ3n) is 4.99. The fraction of sp³-hybridized carbons (Fsp3) is 0.238. The van der Waals surface area contributed by atoms with Gasteiger partial charge in [-0.3, -0.25) is 9.59 Å². The van der Waals surface area contributed by atoms with Crippen LogP contribution in [0.25, 0.3) is 11.0 Å². The van der Waals surface area contributed by atoms with Gasteiger partial charge in [-0.15, -0.1) is 0 Å². The van der Waals surface area contributed by atoms with Crippen LogP contribution in [0.15, 0.2) is 45.6 Å². The van der Waals surface area contributed by atoms with Crippen LogP contribution < -0.4 is 5.43 Å². The van der Waals surface area contributed by atoms with E-state index in [9.17, 15) is 14.7 Å². The van der Waals surface area contributed by atoms with Crippen LogP contribution in [0.4, 0.5) is 0 Å². The lowest BCUT2D eigenvalue weighted by Gasteiger charge is -2.24. The zero-order valence-electron chi connectivity index (χ0n) is 15.0. The van der Waals surface area contributed by atoms with Crippen molar-refractivity contribution in [3.8, 4) is 0 Å². The monoisotopic (exact) mass is 417 g/mol. The van der Waals surface area contributed by atoms with Crippen LogP contribution in [-0.4, -0.2) is 29.1 Å². The SMILES string of the molecule is Cc1cc2oc3c(c(=O)c2cc1Cl)C(c1ccc(Cl)cc1)N(CCCO)C3=O. The molecule has 0 saturated heterocycles. The highest BCUT2D eigenvalue weighted by Crippen LogP contribution is 2.39. The van der Waals surface area contributed by atoms with E-state index >= 15 is 0 Å². The number of amides is 1. The molecule has 0 fully saturated rings. The van der Waals surface area contributed by atoms with Crippen molar-refractivity contribution in [1.29, 1.82) is 0 Å². The van der Waals surface area contributed by atoms with Crippen LogP contribution in [0.1, 0.15) is 39.7 Å². The Morgan fingerprint density at radius 2 is 1.86 bits per heavy atom. The standard InChI is InChI=1S/C21H17Cl2NO4/c1-11-9-16-14(10-15(11)23)19(26)17-18(12-3-5-13(22)6-4-12)24(7-2-8-25)21(27)20(17)28-16/h3-6,9-10,18,25H,2,7-8H2,1H3. The molecule has 1 atom stereocenters. The van der Waals surface area contributed by atoms with E-state index in [4.69, 9.17) is 27.6 Å². The van der Waals surface area contributed by atoms with Crippen LogP contribution in [0, 0.1) is 6.92 Å². The Kier molecular flexibility index (Phi) is 4.91. The van der Waals surface area contributed by atoms with Crippen molar-refractivity contribution >= 4 is 40.1 Å². The second kappa shape index (κ2) is 7.24. The Balaban J connectivity index is 1.98. The summed E-state index contributed by atoms with van der Waals surface area (Å²) in [5.74, 6) is -0.327. The molecule has 1 aromatic heterocycles. The molecule has 0 aliphatic carbocycles. The zero-order valence-corrected chi connectivity index (χ0v) is 16.5. The number of benzene rings is 2. The van der Waals surface area contributed by atoms with E-state index in [1.165, 1.54) is 0 Å². The summed E-state index contributed by atoms with van der Waals surface area (Å²) in [6.07, 6.45) is 0.391. The first-order valence-electron chi connectivity index (χ1n) is 8.86. The largest absolute Gasteiger partial charge is 0.450 e. The van der Waals surface area contributed by atoms with Crippen LogP contribution in [-0.2, 0) is 0 Å². The van der Waals surface area contributed by atoms with E-state index in [1.807, 2.05) is 0 Å². The molecule has 1 amide bonds. The van der Waals surface area contributed by atoms with Gasteiger partial charge in [0.1, 0.15) is 5.58 Å². The fourth-order valence-electron chi connectivity index (χ4n) is 3.60. The number of aryl methyl sites for hydroxylation is 1. The lowest BCUT2D eigenvalue weighted by Crippen LogP contribution is -2.31. The van der Waals surface area contributed by atoms with E-state index < -0.39 is 6.04 Å². The molecule has 28 heavy (non-hydrogen) atoms. The van der Waals surface area contributed by atoms with Gasteiger partial charge in [0.25, 0.3) is 5.91 Å². The van der Waals surface area contributed by atoms with Gasteiger partial charge >= 0.3 is 0 Å². The molecule has 3 aromatic rings. The topological polar surface area (TPSA) is 70.8 Å². The van der Waals surface area contributed by atoms with E-state index in [1.54, 1.807) is 48.2 Å². The molecule has 0 radical (unpaired) electrons. The number of aliphatic hydroxyl groups excluding tert-OH is 1. The number of hydrogen-bond acceptors (Lipinski definition) is 4. The quantitative estimate of drug-likeness (QED) is 0.685. The molecular formula is C21H17Cl2NO4. The predicted molar refractivity (Wildman–Crippen MR) is 108 cm³/mol. The maximum absolute atomic E-state index is 13.3. The van der Waals surface area contributed by atoms with Crippen LogP contribution in [0.2, 0.25) is 10.0 Å². The summed E-state index contributed by atoms with van der Waals surface area (Å²) in [5.41, 5.74) is 1.85. The number of halogens is 2. The molecule has 0 bridgehead atoms. The molecule has 2 heterocycles. The Labute approximate surface area is 171 Å². The third kappa shape index (κ3) is 3.00. The highest BCUT2D eigenvalue weighted by Gasteiger charge is 2.42. The van der Waals surface area contributed by atoms with Gasteiger partial charge in [-0.1, -0.05) is 35.3 Å². The van der Waals surface area contributed by atoms with E-state index in [0.717, 1.165) is 11.1 Å². The predicted octanol–water partition coefficient (Wildman–Crippen LogP) is 4.34. The Morgan fingerprint density at radius 3 is 2.54 bits per heavy atom. The molecule has 1 unspecified atom stereocenters. The van der Waals surface area contributed by atoms with Crippen molar-refractivity contribution in [2.24, 2.45) is 0 Å². The highest BCUT2D eigenvalue weighted by molar-refractivity contribution is 6.32. The summed E-state index contributed by atoms with van der Waals surface area (Å²) in [7, 11) is 0. The average Bonchev–Trinajstić information content (AvgIpc) is 2.95. The molecule has 0 saturated carbocycles. The smallest absolute Gasteiger partial charge is 0.290 e. The van der Waals surface area contributed by atoms with E-state index in [-0.39, 0.29) is 29.3 Å². The molecule has 1 aliphatic heterocycles. The lowest BCUT2D eigenvalue weighted by atomic mass is 9.98. The first-order chi connectivity index (χ1) is 13.4. The van der Waals surface area contributed by atoms with Crippen LogP contribution in [0.5, 0.6) is 0 Å². The average molecular weight is 418 g/mol. The van der Waals surface area contributed by atoms with Gasteiger partial charge in [0.2, 0.25) is 5.76 Å². The van der Waals surface area contributed by atoms with Gasteiger partial charge in [-0.2, -0.15) is 0 Å². The van der Waals surface area contributed by atoms with Gasteiger partial charge < -0.3 is 14.4 Å². The molecule has 0 spiro atoms. The minimum absolute atomic E-state index is 0.0390. The molecule has 144 valence electrons. The number of rotatable bonds is 4. The first kappa shape index (κ1) is 19.0. The Bertz CT molecular complexity index is 1140. The molecule has 2 aromatic carbocycles. The third-order valence-corrected chi connectivity index (χ3v) is 5.65. The summed E-state index contributed by atoms with van der Waals surface area (Å²) >= 11 is 12.2. The van der Waals surface area contributed by atoms with Gasteiger partial charge in [-0.25, -0.2) is 0 Å². The van der Waals surface area contributed by atoms with Gasteiger partial charge in [0.05, 0.1) is 17.0 Å². The van der Waals surface area contributed by atoms with Crippen molar-refractivity contribution in [2.75, 3.05) is 13.2 Å². The highest BCUT2D eigenvalue weighted by atomic mass is 35.5. The van der Waals surface area contributed by atoms with Gasteiger partial charge in [0, 0.05) is 23.2 Å². The fourth-order valence-corrected chi connectivity index (χ4v) is 3.89. The number of hydrogen-bond donors (Lipinski definition) is 1. The van der Waals surface area contributed by atoms with Crippen molar-refractivity contribution in [1.82, 2.24) is 4.90 Å². The normalized spacial score (nSPS) is 16.1. The molecule has 7 heteroatoms. The number of carbonyl (C=O) groups excluding carboxylic acids is 1. The summed E-state index contributed by atoms with van der Waals surface area (Å²) < 4.78 is 5.88. The van der Waals surface area contributed by atoms with Crippen LogP contribution >= 0.6 is 23.2 Å². The molecule has 5 nitrogen and oxygen atoms in total. The molecule has 4 rings (SSSR count). The summed E-state index contributed by atoms with van der Waals surface area (Å²) in [6.45, 7) is 2.04. The maximum Gasteiger partial charge on any atom is 0.290 e. The minimum Gasteiger partial charge on any atom is -0.450 e. The Morgan fingerprint density at radius 1 is 1.14 bits per heavy atom.